The normalized spacial score (nSPS) is 13.6. The molecule has 1 aromatic rings. The van der Waals surface area contributed by atoms with Gasteiger partial charge in [0.05, 0.1) is 17.6 Å². The van der Waals surface area contributed by atoms with E-state index in [1.165, 1.54) is 6.07 Å². The highest BCUT2D eigenvalue weighted by molar-refractivity contribution is 9.10. The van der Waals surface area contributed by atoms with Crippen LogP contribution in [0.3, 0.4) is 0 Å². The summed E-state index contributed by atoms with van der Waals surface area (Å²) in [6.07, 6.45) is 0.546. The lowest BCUT2D eigenvalue weighted by molar-refractivity contribution is 0.509. The van der Waals surface area contributed by atoms with Gasteiger partial charge in [0.2, 0.25) is 0 Å². The number of hydrogen-bond acceptors (Lipinski definition) is 2. The van der Waals surface area contributed by atoms with Crippen molar-refractivity contribution in [3.63, 3.8) is 0 Å². The number of halogens is 2. The first-order valence-corrected chi connectivity index (χ1v) is 5.57. The van der Waals surface area contributed by atoms with Gasteiger partial charge in [-0.15, -0.1) is 0 Å². The lowest BCUT2D eigenvalue weighted by Gasteiger charge is -2.22. The minimum Gasteiger partial charge on any atom is -0.207 e. The van der Waals surface area contributed by atoms with Crippen LogP contribution in [0.15, 0.2) is 22.7 Å². The molecule has 2 nitrogen and oxygen atoms in total. The van der Waals surface area contributed by atoms with Gasteiger partial charge in [0.25, 0.3) is 0 Å². The van der Waals surface area contributed by atoms with Gasteiger partial charge in [-0.1, -0.05) is 22.0 Å². The number of nitriles is 2. The van der Waals surface area contributed by atoms with Crippen LogP contribution in [-0.2, 0) is 5.41 Å². The maximum Gasteiger partial charge on any atom is 0.129 e. The summed E-state index contributed by atoms with van der Waals surface area (Å²) in [5.74, 6) is -0.420. The first-order valence-electron chi connectivity index (χ1n) is 4.78. The number of benzene rings is 1. The van der Waals surface area contributed by atoms with Crippen molar-refractivity contribution < 1.29 is 4.39 Å². The average Bonchev–Trinajstić information content (AvgIpc) is 2.26. The highest BCUT2D eigenvalue weighted by atomic mass is 79.9. The Morgan fingerprint density at radius 1 is 1.44 bits per heavy atom. The monoisotopic (exact) mass is 280 g/mol. The van der Waals surface area contributed by atoms with Crippen molar-refractivity contribution in [2.75, 3.05) is 0 Å². The van der Waals surface area contributed by atoms with E-state index in [4.69, 9.17) is 10.5 Å². The van der Waals surface area contributed by atoms with Crippen molar-refractivity contribution in [3.05, 3.63) is 34.1 Å². The Morgan fingerprint density at radius 2 is 2.12 bits per heavy atom. The lowest BCUT2D eigenvalue weighted by atomic mass is 9.80. The summed E-state index contributed by atoms with van der Waals surface area (Å²) >= 11 is 3.24. The van der Waals surface area contributed by atoms with Gasteiger partial charge in [0, 0.05) is 16.5 Å². The zero-order valence-electron chi connectivity index (χ0n) is 8.80. The molecule has 0 aliphatic carbocycles. The van der Waals surface area contributed by atoms with Gasteiger partial charge in [-0.2, -0.15) is 10.5 Å². The van der Waals surface area contributed by atoms with Gasteiger partial charge in [0.1, 0.15) is 5.82 Å². The molecule has 0 bridgehead atoms. The van der Waals surface area contributed by atoms with Crippen LogP contribution in [0.25, 0.3) is 0 Å². The second kappa shape index (κ2) is 5.09. The van der Waals surface area contributed by atoms with E-state index in [1.54, 1.807) is 19.1 Å². The highest BCUT2D eigenvalue weighted by Crippen LogP contribution is 2.35. The molecule has 1 rings (SSSR count). The second-order valence-electron chi connectivity index (χ2n) is 3.70. The minimum atomic E-state index is -0.972. The Balaban J connectivity index is 3.24. The summed E-state index contributed by atoms with van der Waals surface area (Å²) in [6.45, 7) is 1.65. The number of rotatable bonds is 3. The molecule has 0 aliphatic heterocycles. The predicted molar refractivity (Wildman–Crippen MR) is 61.9 cm³/mol. The molecule has 0 saturated heterocycles. The first kappa shape index (κ1) is 12.7. The van der Waals surface area contributed by atoms with Crippen LogP contribution in [0.4, 0.5) is 4.39 Å². The van der Waals surface area contributed by atoms with Gasteiger partial charge in [-0.25, -0.2) is 4.39 Å². The molecule has 0 N–H and O–H groups in total. The maximum absolute atomic E-state index is 13.7. The summed E-state index contributed by atoms with van der Waals surface area (Å²) in [6, 6.07) is 8.66. The predicted octanol–water partition coefficient (Wildman–Crippen LogP) is 3.67. The van der Waals surface area contributed by atoms with Gasteiger partial charge in [-0.05, 0) is 25.5 Å². The van der Waals surface area contributed by atoms with Gasteiger partial charge in [0.15, 0.2) is 0 Å². The van der Waals surface area contributed by atoms with E-state index in [1.807, 2.05) is 6.07 Å². The van der Waals surface area contributed by atoms with Gasteiger partial charge < -0.3 is 0 Å². The molecular formula is C12H10BrFN2. The number of hydrogen-bond donors (Lipinski definition) is 0. The molecule has 0 aromatic heterocycles. The second-order valence-corrected chi connectivity index (χ2v) is 4.55. The van der Waals surface area contributed by atoms with Crippen molar-refractivity contribution in [1.29, 1.82) is 10.5 Å². The Kier molecular flexibility index (Phi) is 4.04. The maximum atomic E-state index is 13.7. The summed E-state index contributed by atoms with van der Waals surface area (Å²) in [5, 5.41) is 17.7. The molecule has 4 heteroatoms. The van der Waals surface area contributed by atoms with E-state index >= 15 is 0 Å². The third-order valence-corrected chi connectivity index (χ3v) is 3.16. The van der Waals surface area contributed by atoms with Crippen molar-refractivity contribution in [2.45, 2.75) is 25.2 Å². The third kappa shape index (κ3) is 2.40. The Hall–Kier alpha value is -1.39. The molecule has 0 aliphatic rings. The van der Waals surface area contributed by atoms with Crippen LogP contribution in [0, 0.1) is 28.5 Å². The third-order valence-electron chi connectivity index (χ3n) is 2.50. The zero-order valence-corrected chi connectivity index (χ0v) is 10.4. The Bertz CT molecular complexity index is 453. The smallest absolute Gasteiger partial charge is 0.129 e. The topological polar surface area (TPSA) is 47.6 Å². The first-order chi connectivity index (χ1) is 7.55. The molecule has 0 heterocycles. The largest absolute Gasteiger partial charge is 0.207 e. The van der Waals surface area contributed by atoms with Crippen LogP contribution in [0.5, 0.6) is 0 Å². The molecule has 0 radical (unpaired) electrons. The molecule has 16 heavy (non-hydrogen) atoms. The molecule has 82 valence electrons. The standard InChI is InChI=1S/C12H10BrFN2/c1-12(8-16,6-3-7-15)11-9(13)4-2-5-10(11)14/h2,4-5H,3,6H2,1H3. The molecule has 0 saturated carbocycles. The number of nitrogens with zero attached hydrogens (tertiary/aromatic N) is 2. The van der Waals surface area contributed by atoms with Gasteiger partial charge in [-0.3, -0.25) is 0 Å². The van der Waals surface area contributed by atoms with Crippen LogP contribution >= 0.6 is 15.9 Å². The molecule has 1 unspecified atom stereocenters. The fourth-order valence-electron chi connectivity index (χ4n) is 1.57. The van der Waals surface area contributed by atoms with Crippen LogP contribution in [-0.4, -0.2) is 0 Å². The SMILES string of the molecule is CC(C#N)(CCC#N)c1c(F)cccc1Br. The summed E-state index contributed by atoms with van der Waals surface area (Å²) in [4.78, 5) is 0. The average molecular weight is 281 g/mol. The van der Waals surface area contributed by atoms with E-state index in [0.29, 0.717) is 16.5 Å². The molecule has 1 atom stereocenters. The molecule has 0 fully saturated rings. The van der Waals surface area contributed by atoms with E-state index in [-0.39, 0.29) is 6.42 Å². The molecule has 0 amide bonds. The summed E-state index contributed by atoms with van der Waals surface area (Å²) < 4.78 is 14.3. The van der Waals surface area contributed by atoms with E-state index < -0.39 is 11.2 Å². The lowest BCUT2D eigenvalue weighted by Crippen LogP contribution is -2.21. The van der Waals surface area contributed by atoms with E-state index in [0.717, 1.165) is 0 Å². The Labute approximate surface area is 102 Å². The molecule has 1 aromatic carbocycles. The van der Waals surface area contributed by atoms with Crippen LogP contribution < -0.4 is 0 Å². The minimum absolute atomic E-state index is 0.227. The van der Waals surface area contributed by atoms with Crippen LogP contribution in [0.1, 0.15) is 25.3 Å². The highest BCUT2D eigenvalue weighted by Gasteiger charge is 2.31. The summed E-state index contributed by atoms with van der Waals surface area (Å²) in [7, 11) is 0. The fraction of sp³-hybridized carbons (Fsp3) is 0.333. The summed E-state index contributed by atoms with van der Waals surface area (Å²) in [5.41, 5.74) is -0.646. The zero-order chi connectivity index (χ0) is 12.2. The van der Waals surface area contributed by atoms with Crippen LogP contribution in [0.2, 0.25) is 0 Å². The quantitative estimate of drug-likeness (QED) is 0.848. The Morgan fingerprint density at radius 3 is 2.62 bits per heavy atom. The fourth-order valence-corrected chi connectivity index (χ4v) is 2.35. The van der Waals surface area contributed by atoms with E-state index in [9.17, 15) is 4.39 Å². The van der Waals surface area contributed by atoms with Gasteiger partial charge >= 0.3 is 0 Å². The van der Waals surface area contributed by atoms with Crippen molar-refractivity contribution in [1.82, 2.24) is 0 Å². The van der Waals surface area contributed by atoms with Crippen molar-refractivity contribution in [3.8, 4) is 12.1 Å². The van der Waals surface area contributed by atoms with Crippen molar-refractivity contribution in [2.24, 2.45) is 0 Å². The van der Waals surface area contributed by atoms with Crippen molar-refractivity contribution >= 4 is 15.9 Å². The molecular weight excluding hydrogens is 271 g/mol. The molecule has 0 spiro atoms. The van der Waals surface area contributed by atoms with E-state index in [2.05, 4.69) is 22.0 Å².